The maximum absolute atomic E-state index is 5.01. The van der Waals surface area contributed by atoms with Crippen LogP contribution in [0.1, 0.15) is 171 Å². The number of benzene rings is 3. The molecule has 0 spiro atoms. The normalized spacial score (nSPS) is 11.5. The van der Waals surface area contributed by atoms with Gasteiger partial charge >= 0.3 is 0 Å². The fourth-order valence-corrected chi connectivity index (χ4v) is 6.00. The van der Waals surface area contributed by atoms with Gasteiger partial charge in [-0.3, -0.25) is 0 Å². The maximum Gasteiger partial charge on any atom is 0.101 e. The topological polar surface area (TPSA) is 49.4 Å². The molecule has 4 heteroatoms. The molecule has 0 fully saturated rings. The molecule has 0 amide bonds. The van der Waals surface area contributed by atoms with Gasteiger partial charge in [-0.1, -0.05) is 139 Å². The van der Waals surface area contributed by atoms with Gasteiger partial charge in [0.1, 0.15) is 12.0 Å². The highest BCUT2D eigenvalue weighted by Gasteiger charge is 2.22. The van der Waals surface area contributed by atoms with Crippen molar-refractivity contribution in [2.24, 2.45) is 20.0 Å². The second-order valence-corrected chi connectivity index (χ2v) is 14.1. The van der Waals surface area contributed by atoms with Crippen molar-refractivity contribution in [3.05, 3.63) is 81.4 Å². The van der Waals surface area contributed by atoms with Crippen LogP contribution in [0.25, 0.3) is 0 Å². The Bertz CT molecular complexity index is 1540. The summed E-state index contributed by atoms with van der Waals surface area (Å²) in [6.07, 6.45) is 1.95. The van der Waals surface area contributed by atoms with Crippen LogP contribution in [0.15, 0.2) is 62.4 Å². The van der Waals surface area contributed by atoms with Gasteiger partial charge in [-0.2, -0.15) is 20.0 Å². The zero-order chi connectivity index (χ0) is 33.4. The number of nitrogens with zero attached hydrogens (tertiary/aromatic N) is 4. The summed E-state index contributed by atoms with van der Waals surface area (Å²) >= 11 is 0. The van der Waals surface area contributed by atoms with E-state index in [0.717, 1.165) is 41.2 Å². The Balaban J connectivity index is 2.35. The van der Waals surface area contributed by atoms with E-state index < -0.39 is 0 Å². The third kappa shape index (κ3) is 8.57. The van der Waals surface area contributed by atoms with Crippen LogP contribution < -0.4 is 0 Å². The predicted molar refractivity (Wildman–Crippen MR) is 196 cm³/mol. The van der Waals surface area contributed by atoms with Crippen LogP contribution in [0.5, 0.6) is 0 Å². The van der Waals surface area contributed by atoms with Crippen LogP contribution in [0.3, 0.4) is 0 Å². The highest BCUT2D eigenvalue weighted by Crippen LogP contribution is 2.44. The Morgan fingerprint density at radius 3 is 1.16 bits per heavy atom. The number of hydrogen-bond acceptors (Lipinski definition) is 4. The number of aryl methyl sites for hydroxylation is 1. The third-order valence-corrected chi connectivity index (χ3v) is 8.47. The average Bonchev–Trinajstić information content (AvgIpc) is 2.97. The molecule has 240 valence electrons. The van der Waals surface area contributed by atoms with Crippen molar-refractivity contribution in [2.45, 2.75) is 138 Å². The summed E-state index contributed by atoms with van der Waals surface area (Å²) in [6, 6.07) is 21.6. The molecule has 0 atom stereocenters. The fraction of sp³-hybridized carbons (Fsp3) is 0.512. The van der Waals surface area contributed by atoms with Crippen LogP contribution >= 0.6 is 0 Å². The van der Waals surface area contributed by atoms with Crippen LogP contribution in [0, 0.1) is 0 Å². The molecular formula is C41H56N4. The molecule has 3 rings (SSSR count). The largest absolute Gasteiger partial charge is 0.187 e. The van der Waals surface area contributed by atoms with Crippen molar-refractivity contribution in [3.63, 3.8) is 0 Å². The molecule has 0 radical (unpaired) electrons. The highest BCUT2D eigenvalue weighted by molar-refractivity contribution is 5.76. The lowest BCUT2D eigenvalue weighted by molar-refractivity contribution is 0.821. The molecule has 3 aromatic carbocycles. The maximum atomic E-state index is 5.01. The summed E-state index contributed by atoms with van der Waals surface area (Å²) in [5.74, 6) is 1.89. The van der Waals surface area contributed by atoms with Gasteiger partial charge in [0, 0.05) is 5.56 Å². The van der Waals surface area contributed by atoms with E-state index in [1.165, 1.54) is 33.4 Å². The molecule has 0 N–H and O–H groups in total. The molecule has 0 aliphatic heterocycles. The van der Waals surface area contributed by atoms with E-state index in [4.69, 9.17) is 20.0 Å². The minimum Gasteiger partial charge on any atom is -0.187 e. The summed E-state index contributed by atoms with van der Waals surface area (Å²) in [6.45, 7) is 28.8. The van der Waals surface area contributed by atoms with Gasteiger partial charge in [-0.25, -0.2) is 0 Å². The Morgan fingerprint density at radius 2 is 0.822 bits per heavy atom. The van der Waals surface area contributed by atoms with Crippen molar-refractivity contribution in [3.8, 4) is 0 Å². The van der Waals surface area contributed by atoms with E-state index in [0.29, 0.717) is 23.7 Å². The molecule has 0 aliphatic rings. The second-order valence-electron chi connectivity index (χ2n) is 14.1. The number of para-hydroxylation sites is 2. The van der Waals surface area contributed by atoms with Crippen LogP contribution in [0.4, 0.5) is 22.7 Å². The molecule has 3 aromatic rings. The summed E-state index contributed by atoms with van der Waals surface area (Å²) in [4.78, 5) is 19.8. The molecule has 0 heterocycles. The smallest absolute Gasteiger partial charge is 0.101 e. The molecular weight excluding hydrogens is 548 g/mol. The second kappa shape index (κ2) is 16.1. The van der Waals surface area contributed by atoms with E-state index in [9.17, 15) is 0 Å². The molecule has 0 unspecified atom stereocenters. The highest BCUT2D eigenvalue weighted by atomic mass is 14.9. The molecule has 45 heavy (non-hydrogen) atoms. The minimum absolute atomic E-state index is 0.184. The summed E-state index contributed by atoms with van der Waals surface area (Å²) < 4.78 is 0. The molecule has 0 aromatic heterocycles. The first-order valence-corrected chi connectivity index (χ1v) is 17.1. The molecule has 0 saturated carbocycles. The first kappa shape index (κ1) is 35.9. The average molecular weight is 605 g/mol. The zero-order valence-electron chi connectivity index (χ0n) is 30.2. The molecule has 0 bridgehead atoms. The van der Waals surface area contributed by atoms with Gasteiger partial charge in [0.15, 0.2) is 0 Å². The Kier molecular flexibility index (Phi) is 12.9. The summed E-state index contributed by atoms with van der Waals surface area (Å²) in [7, 11) is 0. The first-order valence-electron chi connectivity index (χ1n) is 17.1. The zero-order valence-corrected chi connectivity index (χ0v) is 30.2. The monoisotopic (exact) mass is 604 g/mol. The van der Waals surface area contributed by atoms with Gasteiger partial charge in [0.25, 0.3) is 0 Å². The fourth-order valence-electron chi connectivity index (χ4n) is 6.00. The lowest BCUT2D eigenvalue weighted by atomic mass is 9.87. The van der Waals surface area contributed by atoms with Crippen molar-refractivity contribution in [2.75, 3.05) is 0 Å². The van der Waals surface area contributed by atoms with E-state index in [1.807, 2.05) is 0 Å². The SMILES string of the molecule is CCCc1cc(C(C)C)c(N=C=Nc2c(C(C)C)cccc2C(C)C)c(C(C)C)c1N=C=Nc1c(C(C)C)cccc1C(C)C. The third-order valence-electron chi connectivity index (χ3n) is 8.47. The van der Waals surface area contributed by atoms with Gasteiger partial charge in [0.2, 0.25) is 0 Å². The lowest BCUT2D eigenvalue weighted by Gasteiger charge is -2.21. The summed E-state index contributed by atoms with van der Waals surface area (Å²) in [5.41, 5.74) is 12.2. The van der Waals surface area contributed by atoms with Gasteiger partial charge in [-0.15, -0.1) is 0 Å². The van der Waals surface area contributed by atoms with E-state index >= 15 is 0 Å². The van der Waals surface area contributed by atoms with Crippen molar-refractivity contribution >= 4 is 34.8 Å². The predicted octanol–water partition coefficient (Wildman–Crippen LogP) is 13.7. The molecule has 4 nitrogen and oxygen atoms in total. The van der Waals surface area contributed by atoms with Gasteiger partial charge in [0.05, 0.1) is 22.7 Å². The van der Waals surface area contributed by atoms with Crippen molar-refractivity contribution in [1.82, 2.24) is 0 Å². The van der Waals surface area contributed by atoms with Crippen LogP contribution in [0.2, 0.25) is 0 Å². The first-order chi connectivity index (χ1) is 21.3. The van der Waals surface area contributed by atoms with Crippen LogP contribution in [-0.4, -0.2) is 12.0 Å². The van der Waals surface area contributed by atoms with Crippen LogP contribution in [-0.2, 0) is 6.42 Å². The van der Waals surface area contributed by atoms with Gasteiger partial charge in [-0.05, 0) is 75.3 Å². The number of rotatable bonds is 12. The lowest BCUT2D eigenvalue weighted by Crippen LogP contribution is -2.01. The Morgan fingerprint density at radius 1 is 0.467 bits per heavy atom. The standard InChI is InChI=1S/C41H56N4/c1-14-17-31-22-36(29(10)11)41(45-24-44-40-34(27(6)7)20-16-21-35(40)28(8)9)37(30(12)13)38(31)42-23-43-39-32(25(2)3)18-15-19-33(39)26(4)5/h15-16,18-22,25-30H,14,17H2,1-13H3. The number of aliphatic imine (C=N–C) groups is 4. The van der Waals surface area contributed by atoms with Crippen molar-refractivity contribution < 1.29 is 0 Å². The van der Waals surface area contributed by atoms with E-state index in [-0.39, 0.29) is 11.8 Å². The minimum atomic E-state index is 0.184. The van der Waals surface area contributed by atoms with E-state index in [1.54, 1.807) is 0 Å². The number of hydrogen-bond donors (Lipinski definition) is 0. The van der Waals surface area contributed by atoms with E-state index in [2.05, 4.69) is 144 Å². The Labute approximate surface area is 274 Å². The van der Waals surface area contributed by atoms with Crippen molar-refractivity contribution in [1.29, 1.82) is 0 Å². The Hall–Kier alpha value is -3.58. The quantitative estimate of drug-likeness (QED) is 0.185. The molecule has 0 aliphatic carbocycles. The molecule has 0 saturated heterocycles. The van der Waals surface area contributed by atoms with Gasteiger partial charge < -0.3 is 0 Å². The summed E-state index contributed by atoms with van der Waals surface area (Å²) in [5, 5.41) is 0.